The lowest BCUT2D eigenvalue weighted by Gasteiger charge is -2.19. The van der Waals surface area contributed by atoms with Gasteiger partial charge in [-0.25, -0.2) is 4.39 Å². The van der Waals surface area contributed by atoms with Gasteiger partial charge in [0.15, 0.2) is 0 Å². The summed E-state index contributed by atoms with van der Waals surface area (Å²) in [5.74, 6) is 0.914. The van der Waals surface area contributed by atoms with Gasteiger partial charge in [-0.2, -0.15) is 4.98 Å². The van der Waals surface area contributed by atoms with Crippen molar-refractivity contribution in [3.8, 4) is 22.8 Å². The molecule has 0 bridgehead atoms. The molecule has 0 saturated heterocycles. The average molecular weight is 357 g/mol. The van der Waals surface area contributed by atoms with E-state index in [4.69, 9.17) is 16.1 Å². The monoisotopic (exact) mass is 356 g/mol. The van der Waals surface area contributed by atoms with Gasteiger partial charge in [-0.05, 0) is 68.0 Å². The van der Waals surface area contributed by atoms with Gasteiger partial charge in [-0.1, -0.05) is 35.0 Å². The highest BCUT2D eigenvalue weighted by atomic mass is 35.5. The maximum Gasteiger partial charge on any atom is 0.258 e. The Kier molecular flexibility index (Phi) is 4.08. The van der Waals surface area contributed by atoms with Crippen molar-refractivity contribution in [2.75, 3.05) is 0 Å². The smallest absolute Gasteiger partial charge is 0.258 e. The van der Waals surface area contributed by atoms with Crippen LogP contribution in [-0.2, 0) is 5.67 Å². The predicted octanol–water partition coefficient (Wildman–Crippen LogP) is 6.10. The quantitative estimate of drug-likeness (QED) is 0.568. The third kappa shape index (κ3) is 3.07. The van der Waals surface area contributed by atoms with Crippen molar-refractivity contribution in [1.82, 2.24) is 10.1 Å². The first kappa shape index (κ1) is 16.3. The highest BCUT2D eigenvalue weighted by molar-refractivity contribution is 6.30. The van der Waals surface area contributed by atoms with Crippen LogP contribution in [0.25, 0.3) is 22.8 Å². The van der Waals surface area contributed by atoms with E-state index in [0.717, 1.165) is 35.1 Å². The van der Waals surface area contributed by atoms with Gasteiger partial charge < -0.3 is 4.52 Å². The highest BCUT2D eigenvalue weighted by Crippen LogP contribution is 2.42. The van der Waals surface area contributed by atoms with E-state index in [0.29, 0.717) is 29.6 Å². The Labute approximate surface area is 150 Å². The third-order valence-corrected chi connectivity index (χ3v) is 5.15. The van der Waals surface area contributed by atoms with Crippen LogP contribution >= 0.6 is 11.6 Å². The van der Waals surface area contributed by atoms with Crippen LogP contribution in [0.4, 0.5) is 4.39 Å². The number of nitrogens with zero attached hydrogens (tertiary/aromatic N) is 2. The molecule has 0 unspecified atom stereocenters. The van der Waals surface area contributed by atoms with Crippen LogP contribution in [-0.4, -0.2) is 10.1 Å². The van der Waals surface area contributed by atoms with Gasteiger partial charge in [0.1, 0.15) is 5.67 Å². The minimum absolute atomic E-state index is 0.417. The van der Waals surface area contributed by atoms with E-state index in [1.807, 2.05) is 49.4 Å². The summed E-state index contributed by atoms with van der Waals surface area (Å²) in [5.41, 5.74) is 2.19. The van der Waals surface area contributed by atoms with Crippen molar-refractivity contribution in [2.45, 2.75) is 38.3 Å². The molecule has 0 spiro atoms. The second-order valence-electron chi connectivity index (χ2n) is 6.63. The number of hydrogen-bond acceptors (Lipinski definition) is 3. The van der Waals surface area contributed by atoms with E-state index < -0.39 is 5.67 Å². The van der Waals surface area contributed by atoms with E-state index in [-0.39, 0.29) is 0 Å². The first-order valence-corrected chi connectivity index (χ1v) is 8.83. The minimum Gasteiger partial charge on any atom is -0.334 e. The molecule has 128 valence electrons. The molecule has 0 N–H and O–H groups in total. The van der Waals surface area contributed by atoms with Crippen LogP contribution < -0.4 is 0 Å². The lowest BCUT2D eigenvalue weighted by atomic mass is 9.93. The molecule has 0 atom stereocenters. The summed E-state index contributed by atoms with van der Waals surface area (Å²) >= 11 is 6.06. The summed E-state index contributed by atoms with van der Waals surface area (Å²) in [7, 11) is 0. The summed E-state index contributed by atoms with van der Waals surface area (Å²) in [5, 5.41) is 4.69. The molecule has 0 aliphatic heterocycles. The normalized spacial score (nSPS) is 16.3. The van der Waals surface area contributed by atoms with E-state index in [1.165, 1.54) is 0 Å². The second kappa shape index (κ2) is 6.26. The molecule has 3 nitrogen and oxygen atoms in total. The zero-order valence-electron chi connectivity index (χ0n) is 13.9. The molecule has 1 aliphatic carbocycles. The minimum atomic E-state index is -1.18. The lowest BCUT2D eigenvalue weighted by molar-refractivity contribution is 0.175. The number of hydrogen-bond donors (Lipinski definition) is 0. The molecule has 1 fully saturated rings. The molecule has 2 aromatic carbocycles. The fraction of sp³-hybridized carbons (Fsp3) is 0.300. The fourth-order valence-corrected chi connectivity index (χ4v) is 3.59. The molecular formula is C20H18ClFN2O. The number of benzene rings is 2. The Bertz CT molecular complexity index is 898. The zero-order valence-corrected chi connectivity index (χ0v) is 14.7. The van der Waals surface area contributed by atoms with E-state index >= 15 is 0 Å². The largest absolute Gasteiger partial charge is 0.334 e. The second-order valence-corrected chi connectivity index (χ2v) is 7.07. The molecule has 1 saturated carbocycles. The molecule has 4 rings (SSSR count). The first-order chi connectivity index (χ1) is 12.0. The number of aryl methyl sites for hydroxylation is 1. The number of halogens is 2. The van der Waals surface area contributed by atoms with E-state index in [1.54, 1.807) is 0 Å². The van der Waals surface area contributed by atoms with Crippen LogP contribution in [0.5, 0.6) is 0 Å². The Morgan fingerprint density at radius 2 is 1.80 bits per heavy atom. The lowest BCUT2D eigenvalue weighted by Crippen LogP contribution is -2.14. The molecule has 3 aromatic rings. The summed E-state index contributed by atoms with van der Waals surface area (Å²) < 4.78 is 20.2. The van der Waals surface area contributed by atoms with Gasteiger partial charge >= 0.3 is 0 Å². The molecule has 1 aliphatic rings. The highest BCUT2D eigenvalue weighted by Gasteiger charge is 2.35. The third-order valence-electron chi connectivity index (χ3n) is 4.91. The Morgan fingerprint density at radius 3 is 2.52 bits per heavy atom. The van der Waals surface area contributed by atoms with Crippen molar-refractivity contribution in [3.05, 3.63) is 58.6 Å². The Balaban J connectivity index is 1.63. The zero-order chi connectivity index (χ0) is 17.4. The van der Waals surface area contributed by atoms with Gasteiger partial charge in [0, 0.05) is 16.1 Å². The summed E-state index contributed by atoms with van der Waals surface area (Å²) in [4.78, 5) is 4.47. The van der Waals surface area contributed by atoms with Crippen LogP contribution in [0, 0.1) is 6.92 Å². The van der Waals surface area contributed by atoms with Crippen molar-refractivity contribution >= 4 is 11.6 Å². The average Bonchev–Trinajstić information content (AvgIpc) is 3.27. The van der Waals surface area contributed by atoms with Crippen LogP contribution in [0.15, 0.2) is 47.0 Å². The Morgan fingerprint density at radius 1 is 1.08 bits per heavy atom. The summed E-state index contributed by atoms with van der Waals surface area (Å²) in [6.45, 7) is 1.97. The molecular weight excluding hydrogens is 339 g/mol. The fourth-order valence-electron chi connectivity index (χ4n) is 3.42. The van der Waals surface area contributed by atoms with Crippen LogP contribution in [0.3, 0.4) is 0 Å². The van der Waals surface area contributed by atoms with Gasteiger partial charge in [0.25, 0.3) is 5.89 Å². The van der Waals surface area contributed by atoms with Gasteiger partial charge in [-0.15, -0.1) is 0 Å². The predicted molar refractivity (Wildman–Crippen MR) is 96.2 cm³/mol. The first-order valence-electron chi connectivity index (χ1n) is 8.45. The standard InChI is InChI=1S/C20H18ClFN2O/c1-13-4-9-16(21)12-17(13)18-23-19(25-24-18)14-5-7-15(8-6-14)20(22)10-2-3-11-20/h4-9,12H,2-3,10-11H2,1H3. The van der Waals surface area contributed by atoms with E-state index in [9.17, 15) is 4.39 Å². The van der Waals surface area contributed by atoms with Gasteiger partial charge in [0.05, 0.1) is 0 Å². The van der Waals surface area contributed by atoms with Crippen molar-refractivity contribution in [1.29, 1.82) is 0 Å². The van der Waals surface area contributed by atoms with Crippen molar-refractivity contribution in [3.63, 3.8) is 0 Å². The topological polar surface area (TPSA) is 38.9 Å². The summed E-state index contributed by atoms with van der Waals surface area (Å²) in [6, 6.07) is 12.9. The van der Waals surface area contributed by atoms with Crippen molar-refractivity contribution < 1.29 is 8.91 Å². The van der Waals surface area contributed by atoms with Crippen LogP contribution in [0.2, 0.25) is 5.02 Å². The Hall–Kier alpha value is -2.20. The molecule has 1 heterocycles. The van der Waals surface area contributed by atoms with Gasteiger partial charge in [-0.3, -0.25) is 0 Å². The van der Waals surface area contributed by atoms with Crippen molar-refractivity contribution in [2.24, 2.45) is 0 Å². The van der Waals surface area contributed by atoms with Crippen LogP contribution in [0.1, 0.15) is 36.8 Å². The molecule has 5 heteroatoms. The SMILES string of the molecule is Cc1ccc(Cl)cc1-c1noc(-c2ccc(C3(F)CCCC3)cc2)n1. The molecule has 1 aromatic heterocycles. The van der Waals surface area contributed by atoms with E-state index in [2.05, 4.69) is 10.1 Å². The molecule has 0 amide bonds. The maximum absolute atomic E-state index is 14.8. The molecule has 25 heavy (non-hydrogen) atoms. The summed E-state index contributed by atoms with van der Waals surface area (Å²) in [6.07, 6.45) is 3.10. The maximum atomic E-state index is 14.8. The number of rotatable bonds is 3. The molecule has 0 radical (unpaired) electrons. The van der Waals surface area contributed by atoms with Gasteiger partial charge in [0.2, 0.25) is 5.82 Å². The number of alkyl halides is 1. The number of aromatic nitrogens is 2.